The van der Waals surface area contributed by atoms with Crippen LogP contribution >= 0.6 is 11.6 Å². The Bertz CT molecular complexity index is 377. The summed E-state index contributed by atoms with van der Waals surface area (Å²) in [6.45, 7) is 0. The highest BCUT2D eigenvalue weighted by atomic mass is 35.5. The number of aromatic hydroxyl groups is 1. The quantitative estimate of drug-likeness (QED) is 0.488. The van der Waals surface area contributed by atoms with Crippen molar-refractivity contribution in [3.05, 3.63) is 23.0 Å². The maximum atomic E-state index is 9.34. The fourth-order valence-corrected chi connectivity index (χ4v) is 1.03. The van der Waals surface area contributed by atoms with Crippen molar-refractivity contribution in [2.45, 2.75) is 12.2 Å². The fourth-order valence-electron chi connectivity index (χ4n) is 0.880. The van der Waals surface area contributed by atoms with Gasteiger partial charge in [-0.3, -0.25) is 0 Å². The summed E-state index contributed by atoms with van der Waals surface area (Å²) in [5.41, 5.74) is -0.216. The maximum absolute atomic E-state index is 9.34. The zero-order chi connectivity index (χ0) is 10.7. The molecule has 0 aliphatic rings. The van der Waals surface area contributed by atoms with Gasteiger partial charge < -0.3 is 15.3 Å². The van der Waals surface area contributed by atoms with E-state index in [0.29, 0.717) is 0 Å². The first kappa shape index (κ1) is 10.7. The van der Waals surface area contributed by atoms with Gasteiger partial charge in [0.05, 0.1) is 6.07 Å². The molecule has 74 valence electrons. The predicted octanol–water partition coefficient (Wildman–Crippen LogP) is 0.358. The van der Waals surface area contributed by atoms with Gasteiger partial charge in [-0.05, 0) is 12.1 Å². The number of pyridine rings is 1. The summed E-state index contributed by atoms with van der Waals surface area (Å²) in [4.78, 5) is 3.60. The Hall–Kier alpha value is -1.35. The predicted molar refractivity (Wildman–Crippen MR) is 47.5 cm³/mol. The minimum Gasteiger partial charge on any atom is -0.506 e. The van der Waals surface area contributed by atoms with Gasteiger partial charge in [-0.1, -0.05) is 11.6 Å². The van der Waals surface area contributed by atoms with Crippen molar-refractivity contribution in [2.24, 2.45) is 0 Å². The lowest BCUT2D eigenvalue weighted by atomic mass is 10.1. The van der Waals surface area contributed by atoms with Gasteiger partial charge in [0.2, 0.25) is 0 Å². The van der Waals surface area contributed by atoms with Crippen molar-refractivity contribution in [3.8, 4) is 11.8 Å². The topological polar surface area (TPSA) is 97.4 Å². The molecule has 0 amide bonds. The first-order valence-corrected chi connectivity index (χ1v) is 4.05. The average Bonchev–Trinajstić information content (AvgIpc) is 2.19. The molecule has 5 nitrogen and oxygen atoms in total. The number of rotatable bonds is 2. The second-order valence-electron chi connectivity index (χ2n) is 2.56. The monoisotopic (exact) mass is 214 g/mol. The summed E-state index contributed by atoms with van der Waals surface area (Å²) in [7, 11) is 0. The van der Waals surface area contributed by atoms with Crippen molar-refractivity contribution in [1.82, 2.24) is 4.98 Å². The molecule has 0 fully saturated rings. The second kappa shape index (κ2) is 4.24. The molecule has 0 aromatic carbocycles. The van der Waals surface area contributed by atoms with E-state index < -0.39 is 12.2 Å². The van der Waals surface area contributed by atoms with E-state index in [1.807, 2.05) is 0 Å². The van der Waals surface area contributed by atoms with E-state index in [4.69, 9.17) is 22.0 Å². The van der Waals surface area contributed by atoms with E-state index in [2.05, 4.69) is 4.98 Å². The molecule has 1 aromatic heterocycles. The highest BCUT2D eigenvalue weighted by Crippen LogP contribution is 2.25. The SMILES string of the molecule is N#CC(O)C(O)c1nc(Cl)ccc1O. The van der Waals surface area contributed by atoms with Crippen molar-refractivity contribution >= 4 is 11.6 Å². The molecule has 0 saturated carbocycles. The van der Waals surface area contributed by atoms with Crippen LogP contribution in [-0.4, -0.2) is 26.4 Å². The van der Waals surface area contributed by atoms with Gasteiger partial charge in [0.25, 0.3) is 0 Å². The zero-order valence-corrected chi connectivity index (χ0v) is 7.68. The van der Waals surface area contributed by atoms with E-state index in [9.17, 15) is 10.2 Å². The normalized spacial score (nSPS) is 14.4. The van der Waals surface area contributed by atoms with Crippen LogP contribution in [0.5, 0.6) is 5.75 Å². The highest BCUT2D eigenvalue weighted by Gasteiger charge is 2.22. The van der Waals surface area contributed by atoms with Gasteiger partial charge in [0.15, 0.2) is 6.10 Å². The third kappa shape index (κ3) is 2.12. The smallest absolute Gasteiger partial charge is 0.172 e. The van der Waals surface area contributed by atoms with Crippen LogP contribution in [0.1, 0.15) is 11.8 Å². The van der Waals surface area contributed by atoms with Gasteiger partial charge in [0.1, 0.15) is 22.7 Å². The maximum Gasteiger partial charge on any atom is 0.172 e. The Balaban J connectivity index is 3.07. The van der Waals surface area contributed by atoms with Crippen LogP contribution in [0, 0.1) is 11.3 Å². The molecule has 0 aliphatic carbocycles. The molecule has 1 heterocycles. The third-order valence-electron chi connectivity index (χ3n) is 1.58. The number of halogens is 1. The summed E-state index contributed by atoms with van der Waals surface area (Å²) >= 11 is 5.51. The van der Waals surface area contributed by atoms with Crippen molar-refractivity contribution in [2.75, 3.05) is 0 Å². The lowest BCUT2D eigenvalue weighted by Gasteiger charge is -2.12. The minimum atomic E-state index is -1.65. The Morgan fingerprint density at radius 3 is 2.64 bits per heavy atom. The molecule has 2 unspecified atom stereocenters. The second-order valence-corrected chi connectivity index (χ2v) is 2.94. The molecule has 0 saturated heterocycles. The minimum absolute atomic E-state index is 0.0574. The van der Waals surface area contributed by atoms with Crippen LogP contribution in [0.15, 0.2) is 12.1 Å². The summed E-state index contributed by atoms with van der Waals surface area (Å²) in [6, 6.07) is 3.97. The molecule has 0 spiro atoms. The number of aliphatic hydroxyl groups is 2. The number of hydrogen-bond donors (Lipinski definition) is 3. The molecule has 1 aromatic rings. The Morgan fingerprint density at radius 2 is 2.07 bits per heavy atom. The van der Waals surface area contributed by atoms with Crippen molar-refractivity contribution < 1.29 is 15.3 Å². The molecular formula is C8H7ClN2O3. The number of hydrogen-bond acceptors (Lipinski definition) is 5. The molecule has 2 atom stereocenters. The third-order valence-corrected chi connectivity index (χ3v) is 1.79. The van der Waals surface area contributed by atoms with Crippen LogP contribution in [0.3, 0.4) is 0 Å². The van der Waals surface area contributed by atoms with Crippen molar-refractivity contribution in [3.63, 3.8) is 0 Å². The van der Waals surface area contributed by atoms with E-state index in [0.717, 1.165) is 0 Å². The number of nitriles is 1. The van der Waals surface area contributed by atoms with Gasteiger partial charge >= 0.3 is 0 Å². The summed E-state index contributed by atoms with van der Waals surface area (Å²) in [5, 5.41) is 36.0. The largest absolute Gasteiger partial charge is 0.506 e. The number of nitrogens with zero attached hydrogens (tertiary/aromatic N) is 2. The summed E-state index contributed by atoms with van der Waals surface area (Å²) in [6.07, 6.45) is -3.22. The molecule has 6 heteroatoms. The number of aliphatic hydroxyl groups excluding tert-OH is 2. The van der Waals surface area contributed by atoms with Gasteiger partial charge in [-0.2, -0.15) is 5.26 Å². The van der Waals surface area contributed by atoms with Crippen LogP contribution in [0.4, 0.5) is 0 Å². The zero-order valence-electron chi connectivity index (χ0n) is 6.92. The van der Waals surface area contributed by atoms with Crippen LogP contribution in [-0.2, 0) is 0 Å². The molecule has 14 heavy (non-hydrogen) atoms. The van der Waals surface area contributed by atoms with Crippen LogP contribution in [0.2, 0.25) is 5.15 Å². The number of aromatic nitrogens is 1. The molecule has 0 aliphatic heterocycles. The Labute approximate surface area is 84.8 Å². The van der Waals surface area contributed by atoms with Crippen LogP contribution < -0.4 is 0 Å². The van der Waals surface area contributed by atoms with E-state index in [1.165, 1.54) is 18.2 Å². The lowest BCUT2D eigenvalue weighted by molar-refractivity contribution is 0.0481. The summed E-state index contributed by atoms with van der Waals surface area (Å²) < 4.78 is 0. The van der Waals surface area contributed by atoms with Gasteiger partial charge in [-0.15, -0.1) is 0 Å². The molecule has 0 radical (unpaired) electrons. The van der Waals surface area contributed by atoms with Crippen molar-refractivity contribution in [1.29, 1.82) is 5.26 Å². The van der Waals surface area contributed by atoms with Gasteiger partial charge in [0, 0.05) is 0 Å². The van der Waals surface area contributed by atoms with E-state index >= 15 is 0 Å². The Kier molecular flexibility index (Phi) is 3.25. The fraction of sp³-hybridized carbons (Fsp3) is 0.250. The molecular weight excluding hydrogens is 208 g/mol. The summed E-state index contributed by atoms with van der Waals surface area (Å²) in [5.74, 6) is -0.323. The average molecular weight is 215 g/mol. The molecule has 3 N–H and O–H groups in total. The van der Waals surface area contributed by atoms with Crippen LogP contribution in [0.25, 0.3) is 0 Å². The lowest BCUT2D eigenvalue weighted by Crippen LogP contribution is -2.17. The molecule has 1 rings (SSSR count). The first-order chi connectivity index (χ1) is 6.56. The Morgan fingerprint density at radius 1 is 1.43 bits per heavy atom. The first-order valence-electron chi connectivity index (χ1n) is 3.67. The standard InChI is InChI=1S/C8H7ClN2O3/c9-6-2-1-4(12)7(11-6)8(14)5(13)3-10/h1-2,5,8,12-14H. The van der Waals surface area contributed by atoms with Gasteiger partial charge in [-0.25, -0.2) is 4.98 Å². The molecule has 0 bridgehead atoms. The highest BCUT2D eigenvalue weighted by molar-refractivity contribution is 6.29. The van der Waals surface area contributed by atoms with E-state index in [1.54, 1.807) is 0 Å². The van der Waals surface area contributed by atoms with E-state index in [-0.39, 0.29) is 16.6 Å².